The van der Waals surface area contributed by atoms with Gasteiger partial charge in [0, 0.05) is 37.3 Å². The molecule has 2 aromatic heterocycles. The molecule has 5 rings (SSSR count). The smallest absolute Gasteiger partial charge is 0.303 e. The summed E-state index contributed by atoms with van der Waals surface area (Å²) in [5, 5.41) is 3.59. The zero-order chi connectivity index (χ0) is 25.4. The van der Waals surface area contributed by atoms with E-state index in [1.165, 1.54) is 41.9 Å². The van der Waals surface area contributed by atoms with Gasteiger partial charge in [-0.3, -0.25) is 14.1 Å². The number of nitrogens with zero attached hydrogens (tertiary/aromatic N) is 3. The average molecular weight is 511 g/mol. The molecule has 0 amide bonds. The third-order valence-corrected chi connectivity index (χ3v) is 7.50. The van der Waals surface area contributed by atoms with Crippen molar-refractivity contribution in [3.05, 3.63) is 93.9 Å². The van der Waals surface area contributed by atoms with Gasteiger partial charge in [0.2, 0.25) is 0 Å². The Labute approximate surface area is 206 Å². The second-order valence-corrected chi connectivity index (χ2v) is 10.1. The molecule has 3 heterocycles. The Morgan fingerprint density at radius 1 is 1.08 bits per heavy atom. The minimum absolute atomic E-state index is 0.0752. The lowest BCUT2D eigenvalue weighted by molar-refractivity contribution is 0.384. The predicted molar refractivity (Wildman–Crippen MR) is 132 cm³/mol. The number of benzene rings is 2. The summed E-state index contributed by atoms with van der Waals surface area (Å²) >= 11 is 0. The first-order chi connectivity index (χ1) is 17.2. The standard InChI is InChI=1S/C25H23FN4O5S/c1-16-11-19(13-20(26)12-16)17-3-5-22(23(14-17)34-2)30-21-7-9-29(15-18(21)4-6-25(30)31)36(32,33)28-24-8-10-35-27-24/h3-6,8,10-14H,7,9,15H2,1-2H3,(H,27,28). The molecule has 2 aromatic carbocycles. The Balaban J connectivity index is 1.51. The fourth-order valence-electron chi connectivity index (χ4n) is 4.41. The van der Waals surface area contributed by atoms with Gasteiger partial charge in [0.25, 0.3) is 5.56 Å². The molecular weight excluding hydrogens is 487 g/mol. The molecular formula is C25H23FN4O5S. The molecule has 0 spiro atoms. The van der Waals surface area contributed by atoms with E-state index in [0.29, 0.717) is 34.7 Å². The van der Waals surface area contributed by atoms with Gasteiger partial charge < -0.3 is 9.26 Å². The highest BCUT2D eigenvalue weighted by Crippen LogP contribution is 2.32. The van der Waals surface area contributed by atoms with Crippen LogP contribution in [0, 0.1) is 12.7 Å². The molecule has 0 bridgehead atoms. The van der Waals surface area contributed by atoms with E-state index in [2.05, 4.69) is 14.4 Å². The number of aryl methyl sites for hydroxylation is 1. The summed E-state index contributed by atoms with van der Waals surface area (Å²) in [6, 6.07) is 14.5. The molecule has 0 aliphatic carbocycles. The molecule has 11 heteroatoms. The predicted octanol–water partition coefficient (Wildman–Crippen LogP) is 3.66. The van der Waals surface area contributed by atoms with Crippen molar-refractivity contribution < 1.29 is 22.1 Å². The molecule has 0 saturated carbocycles. The van der Waals surface area contributed by atoms with E-state index in [1.807, 2.05) is 13.0 Å². The molecule has 0 saturated heterocycles. The monoisotopic (exact) mass is 510 g/mol. The van der Waals surface area contributed by atoms with E-state index in [0.717, 1.165) is 11.1 Å². The van der Waals surface area contributed by atoms with Crippen LogP contribution in [0.5, 0.6) is 5.75 Å². The summed E-state index contributed by atoms with van der Waals surface area (Å²) < 4.78 is 55.1. The van der Waals surface area contributed by atoms with E-state index in [-0.39, 0.29) is 30.3 Å². The van der Waals surface area contributed by atoms with Gasteiger partial charge in [-0.25, -0.2) is 4.39 Å². The number of halogens is 1. The summed E-state index contributed by atoms with van der Waals surface area (Å²) in [7, 11) is -2.37. The van der Waals surface area contributed by atoms with Crippen molar-refractivity contribution in [2.45, 2.75) is 19.9 Å². The van der Waals surface area contributed by atoms with Crippen molar-refractivity contribution in [1.29, 1.82) is 0 Å². The first-order valence-electron chi connectivity index (χ1n) is 11.1. The van der Waals surface area contributed by atoms with Crippen molar-refractivity contribution >= 4 is 16.0 Å². The maximum absolute atomic E-state index is 14.0. The van der Waals surface area contributed by atoms with Crippen molar-refractivity contribution in [3.63, 3.8) is 0 Å². The Morgan fingerprint density at radius 2 is 1.92 bits per heavy atom. The van der Waals surface area contributed by atoms with Crippen LogP contribution in [0.4, 0.5) is 10.2 Å². The molecule has 1 aliphatic rings. The van der Waals surface area contributed by atoms with Crippen LogP contribution < -0.4 is 15.0 Å². The Hall–Kier alpha value is -3.96. The first-order valence-corrected chi connectivity index (χ1v) is 12.6. The molecule has 4 aromatic rings. The summed E-state index contributed by atoms with van der Waals surface area (Å²) in [4.78, 5) is 13.0. The number of rotatable bonds is 6. The van der Waals surface area contributed by atoms with Gasteiger partial charge in [-0.05, 0) is 53.4 Å². The number of fused-ring (bicyclic) bond motifs is 1. The average Bonchev–Trinajstić information content (AvgIpc) is 3.35. The Morgan fingerprint density at radius 3 is 2.64 bits per heavy atom. The largest absolute Gasteiger partial charge is 0.495 e. The SMILES string of the molecule is COc1cc(-c2cc(C)cc(F)c2)ccc1-n1c2c(ccc1=O)CN(S(=O)(=O)Nc1ccon1)CC2. The van der Waals surface area contributed by atoms with Crippen molar-refractivity contribution in [2.75, 3.05) is 18.4 Å². The molecule has 36 heavy (non-hydrogen) atoms. The number of pyridine rings is 1. The zero-order valence-corrected chi connectivity index (χ0v) is 20.4. The van der Waals surface area contributed by atoms with Crippen molar-refractivity contribution in [3.8, 4) is 22.6 Å². The second kappa shape index (κ2) is 9.25. The molecule has 1 aliphatic heterocycles. The van der Waals surface area contributed by atoms with Crippen LogP contribution in [-0.2, 0) is 23.2 Å². The minimum Gasteiger partial charge on any atom is -0.495 e. The summed E-state index contributed by atoms with van der Waals surface area (Å²) in [6.45, 7) is 2.05. The third kappa shape index (κ3) is 4.50. The van der Waals surface area contributed by atoms with Gasteiger partial charge in [0.05, 0.1) is 12.8 Å². The van der Waals surface area contributed by atoms with Gasteiger partial charge in [0.1, 0.15) is 17.8 Å². The van der Waals surface area contributed by atoms with Crippen LogP contribution in [0.25, 0.3) is 16.8 Å². The van der Waals surface area contributed by atoms with Crippen LogP contribution >= 0.6 is 0 Å². The molecule has 0 fully saturated rings. The highest BCUT2D eigenvalue weighted by molar-refractivity contribution is 7.90. The summed E-state index contributed by atoms with van der Waals surface area (Å²) in [5.74, 6) is 0.190. The van der Waals surface area contributed by atoms with Crippen LogP contribution in [0.3, 0.4) is 0 Å². The summed E-state index contributed by atoms with van der Waals surface area (Å²) in [5.41, 5.74) is 3.87. The molecule has 0 radical (unpaired) electrons. The number of anilines is 1. The summed E-state index contributed by atoms with van der Waals surface area (Å²) in [6.07, 6.45) is 1.58. The molecule has 186 valence electrons. The van der Waals surface area contributed by atoms with E-state index >= 15 is 0 Å². The van der Waals surface area contributed by atoms with Gasteiger partial charge in [0.15, 0.2) is 5.82 Å². The van der Waals surface area contributed by atoms with E-state index in [1.54, 1.807) is 28.8 Å². The maximum Gasteiger partial charge on any atom is 0.303 e. The van der Waals surface area contributed by atoms with Gasteiger partial charge >= 0.3 is 10.2 Å². The maximum atomic E-state index is 14.0. The number of hydrogen-bond acceptors (Lipinski definition) is 6. The normalized spacial score (nSPS) is 13.9. The lowest BCUT2D eigenvalue weighted by atomic mass is 10.0. The van der Waals surface area contributed by atoms with Crippen LogP contribution in [0.15, 0.2) is 70.2 Å². The van der Waals surface area contributed by atoms with Crippen molar-refractivity contribution in [1.82, 2.24) is 14.0 Å². The highest BCUT2D eigenvalue weighted by atomic mass is 32.2. The third-order valence-electron chi connectivity index (χ3n) is 6.04. The van der Waals surface area contributed by atoms with Crippen molar-refractivity contribution in [2.24, 2.45) is 0 Å². The fraction of sp³-hybridized carbons (Fsp3) is 0.200. The van der Waals surface area contributed by atoms with Gasteiger partial charge in [-0.15, -0.1) is 0 Å². The van der Waals surface area contributed by atoms with E-state index in [4.69, 9.17) is 4.74 Å². The Kier molecular flexibility index (Phi) is 6.10. The highest BCUT2D eigenvalue weighted by Gasteiger charge is 2.29. The quantitative estimate of drug-likeness (QED) is 0.424. The molecule has 9 nitrogen and oxygen atoms in total. The molecule has 0 unspecified atom stereocenters. The van der Waals surface area contributed by atoms with Crippen LogP contribution in [-0.4, -0.2) is 36.1 Å². The zero-order valence-electron chi connectivity index (χ0n) is 19.6. The molecule has 1 N–H and O–H groups in total. The number of methoxy groups -OCH3 is 1. The number of nitrogens with one attached hydrogen (secondary N) is 1. The van der Waals surface area contributed by atoms with Crippen LogP contribution in [0.1, 0.15) is 16.8 Å². The number of aromatic nitrogens is 2. The second-order valence-electron chi connectivity index (χ2n) is 8.46. The molecule has 0 atom stereocenters. The fourth-order valence-corrected chi connectivity index (χ4v) is 5.55. The van der Waals surface area contributed by atoms with Crippen LogP contribution in [0.2, 0.25) is 0 Å². The first kappa shape index (κ1) is 23.8. The lowest BCUT2D eigenvalue weighted by Crippen LogP contribution is -2.41. The van der Waals surface area contributed by atoms with E-state index < -0.39 is 10.2 Å². The minimum atomic E-state index is -3.87. The van der Waals surface area contributed by atoms with Gasteiger partial charge in [-0.1, -0.05) is 23.4 Å². The lowest BCUT2D eigenvalue weighted by Gasteiger charge is -2.29. The van der Waals surface area contributed by atoms with Gasteiger partial charge in [-0.2, -0.15) is 12.7 Å². The number of hydrogen-bond donors (Lipinski definition) is 1. The number of ether oxygens (including phenoxy) is 1. The topological polar surface area (TPSA) is 107 Å². The van der Waals surface area contributed by atoms with E-state index in [9.17, 15) is 17.6 Å². The Bertz CT molecular complexity index is 1580.